The second-order valence-electron chi connectivity index (χ2n) is 4.68. The van der Waals surface area contributed by atoms with Crippen LogP contribution in [-0.4, -0.2) is 23.3 Å². The van der Waals surface area contributed by atoms with Gasteiger partial charge in [-0.25, -0.2) is 0 Å². The summed E-state index contributed by atoms with van der Waals surface area (Å²) in [7, 11) is 0. The second-order valence-corrected chi connectivity index (χ2v) is 4.68. The summed E-state index contributed by atoms with van der Waals surface area (Å²) in [4.78, 5) is 11.2. The fourth-order valence-electron chi connectivity index (χ4n) is 3.27. The molecule has 5 unspecified atom stereocenters. The van der Waals surface area contributed by atoms with Crippen molar-refractivity contribution >= 4 is 5.97 Å². The molecule has 1 N–H and O–H groups in total. The van der Waals surface area contributed by atoms with Crippen LogP contribution in [0.2, 0.25) is 0 Å². The summed E-state index contributed by atoms with van der Waals surface area (Å²) in [6.07, 6.45) is 1.20. The van der Waals surface area contributed by atoms with Gasteiger partial charge in [0.25, 0.3) is 0 Å². The molecule has 3 aliphatic rings. The topological polar surface area (TPSA) is 46.5 Å². The zero-order valence-corrected chi connectivity index (χ0v) is 6.99. The molecule has 0 aromatic heterocycles. The average molecular weight is 168 g/mol. The molecule has 0 radical (unpaired) electrons. The molecule has 0 aromatic rings. The van der Waals surface area contributed by atoms with Crippen LogP contribution in [-0.2, 0) is 9.53 Å². The van der Waals surface area contributed by atoms with Crippen molar-refractivity contribution < 1.29 is 14.6 Å². The third-order valence-corrected chi connectivity index (χ3v) is 3.91. The van der Waals surface area contributed by atoms with Crippen LogP contribution in [0.15, 0.2) is 0 Å². The van der Waals surface area contributed by atoms with Gasteiger partial charge >= 0.3 is 5.97 Å². The van der Waals surface area contributed by atoms with Crippen molar-refractivity contribution in [2.45, 2.75) is 32.0 Å². The number of rotatable bonds is 0. The van der Waals surface area contributed by atoms with E-state index in [9.17, 15) is 9.90 Å². The summed E-state index contributed by atoms with van der Waals surface area (Å²) in [5.41, 5.74) is -0.0356. The molecule has 5 atom stereocenters. The van der Waals surface area contributed by atoms with Crippen LogP contribution >= 0.6 is 0 Å². The first-order valence-corrected chi connectivity index (χ1v) is 4.50. The molecule has 0 aromatic carbocycles. The first-order chi connectivity index (χ1) is 5.62. The van der Waals surface area contributed by atoms with Gasteiger partial charge in [0.2, 0.25) is 0 Å². The third-order valence-electron chi connectivity index (χ3n) is 3.91. The highest BCUT2D eigenvalue weighted by Gasteiger charge is 2.66. The van der Waals surface area contributed by atoms with Gasteiger partial charge in [-0.1, -0.05) is 6.92 Å². The van der Waals surface area contributed by atoms with Crippen molar-refractivity contribution in [3.05, 3.63) is 0 Å². The second kappa shape index (κ2) is 1.69. The van der Waals surface area contributed by atoms with Crippen molar-refractivity contribution in [2.24, 2.45) is 17.3 Å². The van der Waals surface area contributed by atoms with Crippen LogP contribution in [0.3, 0.4) is 0 Å². The first-order valence-electron chi connectivity index (χ1n) is 4.50. The minimum Gasteiger partial charge on any atom is -0.459 e. The largest absolute Gasteiger partial charge is 0.459 e. The zero-order chi connectivity index (χ0) is 8.51. The number of hydrogen-bond acceptors (Lipinski definition) is 3. The van der Waals surface area contributed by atoms with E-state index in [0.29, 0.717) is 5.92 Å². The van der Waals surface area contributed by atoms with Gasteiger partial charge in [-0.2, -0.15) is 0 Å². The molecule has 2 bridgehead atoms. The van der Waals surface area contributed by atoms with Gasteiger partial charge in [-0.3, -0.25) is 4.79 Å². The predicted octanol–water partition coefficient (Wildman–Crippen LogP) is 0.319. The normalized spacial score (nSPS) is 61.0. The maximum atomic E-state index is 11.2. The molecular weight excluding hydrogens is 156 g/mol. The van der Waals surface area contributed by atoms with Crippen molar-refractivity contribution in [2.75, 3.05) is 0 Å². The van der Waals surface area contributed by atoms with Crippen LogP contribution < -0.4 is 0 Å². The highest BCUT2D eigenvalue weighted by Crippen LogP contribution is 2.61. The Labute approximate surface area is 70.7 Å². The van der Waals surface area contributed by atoms with Gasteiger partial charge in [0.15, 0.2) is 0 Å². The lowest BCUT2D eigenvalue weighted by molar-refractivity contribution is -0.146. The molecule has 12 heavy (non-hydrogen) atoms. The minimum absolute atomic E-state index is 0.0356. The Balaban J connectivity index is 2.08. The van der Waals surface area contributed by atoms with Crippen LogP contribution in [0.1, 0.15) is 19.8 Å². The van der Waals surface area contributed by atoms with Crippen LogP contribution in [0.25, 0.3) is 0 Å². The summed E-state index contributed by atoms with van der Waals surface area (Å²) in [5.74, 6) is 0.339. The van der Waals surface area contributed by atoms with E-state index >= 15 is 0 Å². The number of carbonyl (C=O) groups excluding carboxylic acids is 1. The van der Waals surface area contributed by atoms with E-state index in [1.54, 1.807) is 0 Å². The Bertz CT molecular complexity index is 262. The Kier molecular flexibility index (Phi) is 0.971. The molecule has 66 valence electrons. The molecule has 0 amide bonds. The molecular formula is C9H12O3. The highest BCUT2D eigenvalue weighted by atomic mass is 16.6. The molecule has 1 heterocycles. The SMILES string of the molecule is CC12CC3C(=O)OC(C3C1)C2O. The number of fused-ring (bicyclic) bond motifs is 1. The number of aliphatic hydroxyl groups is 1. The lowest BCUT2D eigenvalue weighted by Crippen LogP contribution is -2.37. The minimum atomic E-state index is -0.412. The summed E-state index contributed by atoms with van der Waals surface area (Å²) in [6, 6.07) is 0. The van der Waals surface area contributed by atoms with Gasteiger partial charge in [0.1, 0.15) is 6.10 Å². The van der Waals surface area contributed by atoms with Crippen LogP contribution in [0, 0.1) is 17.3 Å². The first kappa shape index (κ1) is 6.89. The Morgan fingerprint density at radius 3 is 2.92 bits per heavy atom. The average Bonchev–Trinajstić information content (AvgIpc) is 2.52. The molecule has 1 saturated heterocycles. The standard InChI is InChI=1S/C9H12O3/c1-9-2-4-5(3-9)8(11)12-6(4)7(9)10/h4-7,10H,2-3H2,1H3. The molecule has 2 aliphatic carbocycles. The smallest absolute Gasteiger partial charge is 0.309 e. The molecule has 3 heteroatoms. The van der Waals surface area contributed by atoms with E-state index < -0.39 is 6.10 Å². The van der Waals surface area contributed by atoms with Crippen LogP contribution in [0.5, 0.6) is 0 Å². The van der Waals surface area contributed by atoms with Crippen molar-refractivity contribution in [1.82, 2.24) is 0 Å². The lowest BCUT2D eigenvalue weighted by Gasteiger charge is -2.28. The number of aliphatic hydroxyl groups excluding tert-OH is 1. The van der Waals surface area contributed by atoms with E-state index in [0.717, 1.165) is 12.8 Å². The Morgan fingerprint density at radius 2 is 2.33 bits per heavy atom. The summed E-state index contributed by atoms with van der Waals surface area (Å²) in [6.45, 7) is 2.06. The predicted molar refractivity (Wildman–Crippen MR) is 40.2 cm³/mol. The van der Waals surface area contributed by atoms with E-state index in [-0.39, 0.29) is 23.4 Å². The number of carbonyl (C=O) groups is 1. The monoisotopic (exact) mass is 168 g/mol. The molecule has 3 nitrogen and oxygen atoms in total. The van der Waals surface area contributed by atoms with Gasteiger partial charge in [0.05, 0.1) is 12.0 Å². The van der Waals surface area contributed by atoms with Gasteiger partial charge in [-0.15, -0.1) is 0 Å². The number of hydrogen-bond donors (Lipinski definition) is 1. The van der Waals surface area contributed by atoms with E-state index in [1.807, 2.05) is 0 Å². The van der Waals surface area contributed by atoms with Crippen molar-refractivity contribution in [3.8, 4) is 0 Å². The summed E-state index contributed by atoms with van der Waals surface area (Å²) >= 11 is 0. The molecule has 1 aliphatic heterocycles. The van der Waals surface area contributed by atoms with Crippen molar-refractivity contribution in [3.63, 3.8) is 0 Å². The van der Waals surface area contributed by atoms with E-state index in [4.69, 9.17) is 4.74 Å². The maximum absolute atomic E-state index is 11.2. The Hall–Kier alpha value is -0.570. The van der Waals surface area contributed by atoms with E-state index in [1.165, 1.54) is 0 Å². The lowest BCUT2D eigenvalue weighted by atomic mass is 9.80. The van der Waals surface area contributed by atoms with Crippen molar-refractivity contribution in [1.29, 1.82) is 0 Å². The highest BCUT2D eigenvalue weighted by molar-refractivity contribution is 5.77. The van der Waals surface area contributed by atoms with Crippen LogP contribution in [0.4, 0.5) is 0 Å². The van der Waals surface area contributed by atoms with E-state index in [2.05, 4.69) is 6.92 Å². The summed E-state index contributed by atoms with van der Waals surface area (Å²) in [5, 5.41) is 9.81. The number of esters is 1. The molecule has 2 saturated carbocycles. The van der Waals surface area contributed by atoms with Gasteiger partial charge in [-0.05, 0) is 18.3 Å². The third kappa shape index (κ3) is 0.534. The molecule has 3 fully saturated rings. The Morgan fingerprint density at radius 1 is 1.58 bits per heavy atom. The fourth-order valence-corrected chi connectivity index (χ4v) is 3.27. The molecule has 3 rings (SSSR count). The summed E-state index contributed by atoms with van der Waals surface area (Å²) < 4.78 is 5.13. The molecule has 0 spiro atoms. The van der Waals surface area contributed by atoms with Gasteiger partial charge in [0, 0.05) is 5.92 Å². The maximum Gasteiger partial charge on any atom is 0.309 e. The number of ether oxygens (including phenoxy) is 1. The fraction of sp³-hybridized carbons (Fsp3) is 0.889. The quantitative estimate of drug-likeness (QED) is 0.530. The zero-order valence-electron chi connectivity index (χ0n) is 6.99. The van der Waals surface area contributed by atoms with Gasteiger partial charge < -0.3 is 9.84 Å².